The van der Waals surface area contributed by atoms with Crippen LogP contribution < -0.4 is 0 Å². The number of nitrogens with zero attached hydrogens (tertiary/aromatic N) is 1. The van der Waals surface area contributed by atoms with Crippen LogP contribution in [-0.2, 0) is 19.6 Å². The van der Waals surface area contributed by atoms with Gasteiger partial charge >= 0.3 is 0 Å². The van der Waals surface area contributed by atoms with Gasteiger partial charge in [-0.1, -0.05) is 26.0 Å². The van der Waals surface area contributed by atoms with Crippen molar-refractivity contribution in [2.75, 3.05) is 0 Å². The maximum atomic E-state index is 13.2. The standard InChI is InChI=1S/C18H22FNO/c1-12(2)18-15(11-21)17(13-6-8-14(19)9-7-13)16-5-3-4-10-20(16)18/h6-9,12,21H,3-5,10-11H2,1-2H3. The first-order valence-corrected chi connectivity index (χ1v) is 7.74. The number of hydrogen-bond donors (Lipinski definition) is 1. The molecule has 2 aromatic rings. The topological polar surface area (TPSA) is 25.2 Å². The Kier molecular flexibility index (Phi) is 3.85. The van der Waals surface area contributed by atoms with Gasteiger partial charge in [-0.2, -0.15) is 0 Å². The number of hydrogen-bond acceptors (Lipinski definition) is 1. The Balaban J connectivity index is 2.25. The highest BCUT2D eigenvalue weighted by atomic mass is 19.1. The molecule has 2 heterocycles. The van der Waals surface area contributed by atoms with Gasteiger partial charge in [0.15, 0.2) is 0 Å². The van der Waals surface area contributed by atoms with Gasteiger partial charge in [-0.15, -0.1) is 0 Å². The van der Waals surface area contributed by atoms with Gasteiger partial charge in [0.05, 0.1) is 6.61 Å². The molecule has 0 aliphatic carbocycles. The van der Waals surface area contributed by atoms with Crippen LogP contribution in [0.5, 0.6) is 0 Å². The maximum absolute atomic E-state index is 13.2. The monoisotopic (exact) mass is 287 g/mol. The molecule has 112 valence electrons. The van der Waals surface area contributed by atoms with Gasteiger partial charge in [-0.05, 0) is 42.9 Å². The van der Waals surface area contributed by atoms with Crippen molar-refractivity contribution in [3.8, 4) is 11.1 Å². The summed E-state index contributed by atoms with van der Waals surface area (Å²) in [4.78, 5) is 0. The highest BCUT2D eigenvalue weighted by Crippen LogP contribution is 2.39. The van der Waals surface area contributed by atoms with E-state index in [0.29, 0.717) is 5.92 Å². The fourth-order valence-electron chi connectivity index (χ4n) is 3.60. The summed E-state index contributed by atoms with van der Waals surface area (Å²) < 4.78 is 15.6. The zero-order valence-electron chi connectivity index (χ0n) is 12.7. The van der Waals surface area contributed by atoms with E-state index in [0.717, 1.165) is 29.7 Å². The number of aliphatic hydroxyl groups is 1. The molecule has 2 nitrogen and oxygen atoms in total. The molecule has 0 saturated heterocycles. The van der Waals surface area contributed by atoms with Gasteiger partial charge in [-0.25, -0.2) is 4.39 Å². The predicted molar refractivity (Wildman–Crippen MR) is 82.8 cm³/mol. The summed E-state index contributed by atoms with van der Waals surface area (Å²) in [7, 11) is 0. The smallest absolute Gasteiger partial charge is 0.123 e. The molecule has 0 unspecified atom stereocenters. The second kappa shape index (κ2) is 5.64. The number of aliphatic hydroxyl groups excluding tert-OH is 1. The third-order valence-electron chi connectivity index (χ3n) is 4.40. The van der Waals surface area contributed by atoms with Crippen molar-refractivity contribution in [2.24, 2.45) is 0 Å². The molecular formula is C18H22FNO. The number of halogens is 1. The molecule has 1 aliphatic heterocycles. The Morgan fingerprint density at radius 2 is 1.90 bits per heavy atom. The second-order valence-electron chi connectivity index (χ2n) is 6.11. The predicted octanol–water partition coefficient (Wildman–Crippen LogP) is 4.25. The molecule has 3 heteroatoms. The number of benzene rings is 1. The van der Waals surface area contributed by atoms with Crippen LogP contribution in [0.3, 0.4) is 0 Å². The van der Waals surface area contributed by atoms with Crippen LogP contribution >= 0.6 is 0 Å². The third-order valence-corrected chi connectivity index (χ3v) is 4.40. The minimum absolute atomic E-state index is 0.0419. The van der Waals surface area contributed by atoms with E-state index in [-0.39, 0.29) is 12.4 Å². The number of fused-ring (bicyclic) bond motifs is 1. The highest BCUT2D eigenvalue weighted by Gasteiger charge is 2.26. The average molecular weight is 287 g/mol. The lowest BCUT2D eigenvalue weighted by Crippen LogP contribution is -2.13. The van der Waals surface area contributed by atoms with Crippen LogP contribution in [-0.4, -0.2) is 9.67 Å². The van der Waals surface area contributed by atoms with E-state index < -0.39 is 0 Å². The van der Waals surface area contributed by atoms with E-state index in [1.165, 1.54) is 36.4 Å². The van der Waals surface area contributed by atoms with Crippen LogP contribution in [0.15, 0.2) is 24.3 Å². The van der Waals surface area contributed by atoms with Crippen LogP contribution in [0, 0.1) is 5.82 Å². The third kappa shape index (κ3) is 2.40. The van der Waals surface area contributed by atoms with Gasteiger partial charge < -0.3 is 9.67 Å². The van der Waals surface area contributed by atoms with Crippen molar-refractivity contribution in [2.45, 2.75) is 52.2 Å². The lowest BCUT2D eigenvalue weighted by Gasteiger charge is -2.20. The molecule has 0 radical (unpaired) electrons. The summed E-state index contributed by atoms with van der Waals surface area (Å²) in [5.74, 6) is 0.152. The Hall–Kier alpha value is -1.61. The van der Waals surface area contributed by atoms with E-state index in [4.69, 9.17) is 0 Å². The largest absolute Gasteiger partial charge is 0.392 e. The van der Waals surface area contributed by atoms with Crippen molar-refractivity contribution in [1.29, 1.82) is 0 Å². The Morgan fingerprint density at radius 1 is 1.19 bits per heavy atom. The Bertz CT molecular complexity index is 640. The van der Waals surface area contributed by atoms with Crippen molar-refractivity contribution >= 4 is 0 Å². The Morgan fingerprint density at radius 3 is 2.52 bits per heavy atom. The zero-order valence-corrected chi connectivity index (χ0v) is 12.7. The molecule has 0 amide bonds. The van der Waals surface area contributed by atoms with Gasteiger partial charge in [0.25, 0.3) is 0 Å². The van der Waals surface area contributed by atoms with Crippen LogP contribution in [0.1, 0.15) is 49.6 Å². The molecule has 1 N–H and O–H groups in total. The summed E-state index contributed by atoms with van der Waals surface area (Å²) >= 11 is 0. The summed E-state index contributed by atoms with van der Waals surface area (Å²) in [6, 6.07) is 6.64. The van der Waals surface area contributed by atoms with Gasteiger partial charge in [-0.3, -0.25) is 0 Å². The molecule has 0 saturated carbocycles. The lowest BCUT2D eigenvalue weighted by molar-refractivity contribution is 0.280. The molecule has 1 aliphatic rings. The minimum atomic E-state index is -0.221. The molecule has 3 rings (SSSR count). The van der Waals surface area contributed by atoms with Crippen molar-refractivity contribution in [3.05, 3.63) is 47.0 Å². The van der Waals surface area contributed by atoms with Crippen molar-refractivity contribution in [3.63, 3.8) is 0 Å². The Labute approximate surface area is 125 Å². The first-order chi connectivity index (χ1) is 10.1. The second-order valence-corrected chi connectivity index (χ2v) is 6.11. The normalized spacial score (nSPS) is 14.5. The quantitative estimate of drug-likeness (QED) is 0.897. The van der Waals surface area contributed by atoms with Crippen molar-refractivity contribution < 1.29 is 9.50 Å². The van der Waals surface area contributed by atoms with Crippen LogP contribution in [0.25, 0.3) is 11.1 Å². The summed E-state index contributed by atoms with van der Waals surface area (Å²) in [5.41, 5.74) is 5.71. The molecule has 0 spiro atoms. The van der Waals surface area contributed by atoms with Crippen LogP contribution in [0.2, 0.25) is 0 Å². The lowest BCUT2D eigenvalue weighted by atomic mass is 9.96. The molecule has 1 aromatic heterocycles. The first kappa shape index (κ1) is 14.3. The number of aromatic nitrogens is 1. The molecule has 0 fully saturated rings. The van der Waals surface area contributed by atoms with Crippen LogP contribution in [0.4, 0.5) is 4.39 Å². The van der Waals surface area contributed by atoms with E-state index in [2.05, 4.69) is 18.4 Å². The highest BCUT2D eigenvalue weighted by molar-refractivity contribution is 5.72. The van der Waals surface area contributed by atoms with Gasteiger partial charge in [0.2, 0.25) is 0 Å². The summed E-state index contributed by atoms with van der Waals surface area (Å²) in [5, 5.41) is 9.93. The van der Waals surface area contributed by atoms with Crippen molar-refractivity contribution in [1.82, 2.24) is 4.57 Å². The number of rotatable bonds is 3. The van der Waals surface area contributed by atoms with E-state index in [1.807, 2.05) is 12.1 Å². The maximum Gasteiger partial charge on any atom is 0.123 e. The summed E-state index contributed by atoms with van der Waals surface area (Å²) in [6.45, 7) is 5.41. The summed E-state index contributed by atoms with van der Waals surface area (Å²) in [6.07, 6.45) is 3.40. The molecule has 1 aromatic carbocycles. The fraction of sp³-hybridized carbons (Fsp3) is 0.444. The van der Waals surface area contributed by atoms with Gasteiger partial charge in [0.1, 0.15) is 5.82 Å². The van der Waals surface area contributed by atoms with Gasteiger partial charge in [0, 0.05) is 29.1 Å². The minimum Gasteiger partial charge on any atom is -0.392 e. The molecular weight excluding hydrogens is 265 g/mol. The first-order valence-electron chi connectivity index (χ1n) is 7.74. The average Bonchev–Trinajstić information content (AvgIpc) is 2.82. The SMILES string of the molecule is CC(C)c1c(CO)c(-c2ccc(F)cc2)c2n1CCCC2. The molecule has 21 heavy (non-hydrogen) atoms. The zero-order chi connectivity index (χ0) is 15.0. The van der Waals surface area contributed by atoms with E-state index >= 15 is 0 Å². The molecule has 0 bridgehead atoms. The molecule has 0 atom stereocenters. The van der Waals surface area contributed by atoms with E-state index in [1.54, 1.807) is 0 Å². The fourth-order valence-corrected chi connectivity index (χ4v) is 3.60. The van der Waals surface area contributed by atoms with E-state index in [9.17, 15) is 9.50 Å².